The van der Waals surface area contributed by atoms with E-state index in [-0.39, 0.29) is 35.5 Å². The molecule has 0 aromatic rings. The molecule has 0 heterocycles. The molecule has 0 unspecified atom stereocenters. The quantitative estimate of drug-likeness (QED) is 0.516. The number of rotatable bonds is 8. The van der Waals surface area contributed by atoms with Gasteiger partial charge in [-0.2, -0.15) is 15.8 Å². The molecule has 0 aromatic heterocycles. The smallest absolute Gasteiger partial charge is 0.0905 e. The lowest BCUT2D eigenvalue weighted by atomic mass is 10.5. The predicted molar refractivity (Wildman–Crippen MR) is 92.3 cm³/mol. The van der Waals surface area contributed by atoms with Crippen molar-refractivity contribution in [2.75, 3.05) is 39.6 Å². The Morgan fingerprint density at radius 3 is 1.26 bits per heavy atom. The van der Waals surface area contributed by atoms with Gasteiger partial charge in [-0.25, -0.2) is 0 Å². The first-order valence-electron chi connectivity index (χ1n) is 5.86. The zero-order valence-electron chi connectivity index (χ0n) is 11.5. The van der Waals surface area contributed by atoms with Gasteiger partial charge in [-0.15, -0.1) is 0 Å². The second-order valence-electron chi connectivity index (χ2n) is 2.82. The Bertz CT molecular complexity index is 282. The van der Waals surface area contributed by atoms with Crippen molar-refractivity contribution in [2.45, 2.75) is 35.1 Å². The van der Waals surface area contributed by atoms with Gasteiger partial charge in [0.1, 0.15) is 0 Å². The molecule has 0 atom stereocenters. The average molecular weight is 331 g/mol. The first-order chi connectivity index (χ1) is 9.74. The number of allylic oxidation sites excluding steroid dienone is 1. The molecule has 7 heteroatoms. The van der Waals surface area contributed by atoms with Crippen LogP contribution >= 0.6 is 0 Å². The molecule has 0 rings (SSSR count). The van der Waals surface area contributed by atoms with Gasteiger partial charge in [0, 0.05) is 6.08 Å². The average Bonchev–Trinajstić information content (AvgIpc) is 2.50. The minimum absolute atomic E-state index is 0. The molecule has 0 spiro atoms. The van der Waals surface area contributed by atoms with Gasteiger partial charge < -0.3 is 19.7 Å². The number of nitrogens with zero attached hydrogens (tertiary/aromatic N) is 3. The third kappa shape index (κ3) is 79.8. The van der Waals surface area contributed by atoms with Gasteiger partial charge in [-0.1, -0.05) is 28.9 Å². The van der Waals surface area contributed by atoms with Crippen molar-refractivity contribution in [3.63, 3.8) is 0 Å². The molecule has 0 aliphatic heterocycles. The maximum absolute atomic E-state index is 8.14. The summed E-state index contributed by atoms with van der Waals surface area (Å²) in [7, 11) is 0. The van der Waals surface area contributed by atoms with Crippen molar-refractivity contribution in [1.82, 2.24) is 0 Å². The van der Waals surface area contributed by atoms with Crippen LogP contribution < -0.4 is 0 Å². The summed E-state index contributed by atoms with van der Waals surface area (Å²) in [6.07, 6.45) is 2.01. The van der Waals surface area contributed by atoms with Gasteiger partial charge in [0.15, 0.2) is 0 Å². The molecule has 2 N–H and O–H groups in total. The number of aliphatic hydroxyl groups excluding tert-OH is 2. The summed E-state index contributed by atoms with van der Waals surface area (Å²) in [4.78, 5) is 0. The Hall–Kier alpha value is -1.95. The van der Waals surface area contributed by atoms with E-state index in [9.17, 15) is 0 Å². The van der Waals surface area contributed by atoms with Crippen LogP contribution in [0.15, 0.2) is 12.7 Å². The molecule has 0 aliphatic carbocycles. The Morgan fingerprint density at radius 2 is 1.09 bits per heavy atom. The van der Waals surface area contributed by atoms with E-state index in [0.717, 1.165) is 0 Å². The van der Waals surface area contributed by atoms with Crippen LogP contribution in [0.5, 0.6) is 0 Å². The summed E-state index contributed by atoms with van der Waals surface area (Å²) >= 11 is 0. The molecule has 0 bridgehead atoms. The Labute approximate surface area is 142 Å². The van der Waals surface area contributed by atoms with E-state index in [0.29, 0.717) is 39.3 Å². The van der Waals surface area contributed by atoms with Crippen LogP contribution in [-0.4, -0.2) is 49.9 Å². The standard InChI is InChI=1S/C8H12N2O2.C3H3N.C2H6O2.3CH4/c9-3-1-5-11-7-8-12-6-2-4-10;1-2-3-4;3-1-2-4;;;/h1-2,5-8H2;2H,1H2;3-4H,1-2H2;3*1H4. The lowest BCUT2D eigenvalue weighted by molar-refractivity contribution is 0.0520. The lowest BCUT2D eigenvalue weighted by Crippen LogP contribution is -2.05. The van der Waals surface area contributed by atoms with E-state index in [1.165, 1.54) is 6.08 Å². The molecule has 0 radical (unpaired) electrons. The SMILES string of the molecule is C.C.C.C=CC#N.N#CCCOCCOCCC#N.OCCO. The number of aliphatic hydroxyl groups is 2. The molecule has 0 saturated heterocycles. The minimum Gasteiger partial charge on any atom is -0.394 e. The van der Waals surface area contributed by atoms with E-state index in [4.69, 9.17) is 35.5 Å². The monoisotopic (exact) mass is 331 g/mol. The molecular formula is C16H33N3O4. The van der Waals surface area contributed by atoms with Crippen molar-refractivity contribution in [3.05, 3.63) is 12.7 Å². The summed E-state index contributed by atoms with van der Waals surface area (Å²) in [6.45, 7) is 4.77. The second-order valence-corrected chi connectivity index (χ2v) is 2.82. The van der Waals surface area contributed by atoms with Gasteiger partial charge in [0.25, 0.3) is 0 Å². The molecule has 0 aliphatic rings. The highest BCUT2D eigenvalue weighted by atomic mass is 16.5. The van der Waals surface area contributed by atoms with Crippen LogP contribution in [0.2, 0.25) is 0 Å². The molecule has 0 saturated carbocycles. The highest BCUT2D eigenvalue weighted by molar-refractivity contribution is 4.93. The van der Waals surface area contributed by atoms with Crippen LogP contribution in [0.3, 0.4) is 0 Å². The van der Waals surface area contributed by atoms with E-state index < -0.39 is 0 Å². The van der Waals surface area contributed by atoms with Crippen molar-refractivity contribution in [1.29, 1.82) is 15.8 Å². The predicted octanol–water partition coefficient (Wildman–Crippen LogP) is 2.42. The van der Waals surface area contributed by atoms with Crippen molar-refractivity contribution < 1.29 is 19.7 Å². The van der Waals surface area contributed by atoms with Crippen molar-refractivity contribution >= 4 is 0 Å². The Balaban J connectivity index is -0.0000000559. The van der Waals surface area contributed by atoms with Crippen LogP contribution in [0.1, 0.15) is 35.1 Å². The summed E-state index contributed by atoms with van der Waals surface area (Å²) in [5.74, 6) is 0. The van der Waals surface area contributed by atoms with Crippen LogP contribution in [-0.2, 0) is 9.47 Å². The summed E-state index contributed by atoms with van der Waals surface area (Å²) in [5, 5.41) is 39.0. The van der Waals surface area contributed by atoms with Gasteiger partial charge in [-0.05, 0) is 0 Å². The third-order valence-electron chi connectivity index (χ3n) is 1.28. The van der Waals surface area contributed by atoms with Crippen molar-refractivity contribution in [3.8, 4) is 18.2 Å². The first-order valence-corrected chi connectivity index (χ1v) is 5.86. The van der Waals surface area contributed by atoms with Gasteiger partial charge in [0.2, 0.25) is 0 Å². The fraction of sp³-hybridized carbons (Fsp3) is 0.688. The van der Waals surface area contributed by atoms with E-state index in [1.54, 1.807) is 6.07 Å². The zero-order chi connectivity index (χ0) is 15.9. The van der Waals surface area contributed by atoms with E-state index in [1.807, 2.05) is 12.1 Å². The number of nitriles is 3. The highest BCUT2D eigenvalue weighted by Gasteiger charge is 1.88. The normalized spacial score (nSPS) is 6.57. The summed E-state index contributed by atoms with van der Waals surface area (Å²) < 4.78 is 10.0. The summed E-state index contributed by atoms with van der Waals surface area (Å²) in [5.41, 5.74) is 0. The third-order valence-corrected chi connectivity index (χ3v) is 1.28. The van der Waals surface area contributed by atoms with Gasteiger partial charge in [0.05, 0.1) is 70.7 Å². The van der Waals surface area contributed by atoms with Crippen LogP contribution in [0.4, 0.5) is 0 Å². The fourth-order valence-corrected chi connectivity index (χ4v) is 0.558. The molecular weight excluding hydrogens is 298 g/mol. The Morgan fingerprint density at radius 1 is 0.783 bits per heavy atom. The van der Waals surface area contributed by atoms with E-state index >= 15 is 0 Å². The zero-order valence-corrected chi connectivity index (χ0v) is 11.5. The molecule has 136 valence electrons. The molecule has 0 aromatic carbocycles. The molecule has 0 fully saturated rings. The lowest BCUT2D eigenvalue weighted by Gasteiger charge is -2.01. The first kappa shape index (κ1) is 37.4. The number of hydrogen-bond donors (Lipinski definition) is 2. The maximum atomic E-state index is 8.14. The highest BCUT2D eigenvalue weighted by Crippen LogP contribution is 1.83. The molecule has 7 nitrogen and oxygen atoms in total. The van der Waals surface area contributed by atoms with Gasteiger partial charge in [-0.3, -0.25) is 0 Å². The number of hydrogen-bond acceptors (Lipinski definition) is 7. The largest absolute Gasteiger partial charge is 0.394 e. The van der Waals surface area contributed by atoms with Crippen LogP contribution in [0, 0.1) is 34.0 Å². The second kappa shape index (κ2) is 50.1. The topological polar surface area (TPSA) is 130 Å². The van der Waals surface area contributed by atoms with Crippen LogP contribution in [0.25, 0.3) is 0 Å². The molecule has 0 amide bonds. The van der Waals surface area contributed by atoms with Gasteiger partial charge >= 0.3 is 0 Å². The number of ether oxygens (including phenoxy) is 2. The van der Waals surface area contributed by atoms with Crippen molar-refractivity contribution in [2.24, 2.45) is 0 Å². The maximum Gasteiger partial charge on any atom is 0.0905 e. The Kier molecular flexibility index (Phi) is 81.4. The minimum atomic E-state index is -0.125. The van der Waals surface area contributed by atoms with E-state index in [2.05, 4.69) is 6.58 Å². The summed E-state index contributed by atoms with van der Waals surface area (Å²) in [6, 6.07) is 5.63. The molecule has 23 heavy (non-hydrogen) atoms. The fourth-order valence-electron chi connectivity index (χ4n) is 0.558.